The highest BCUT2D eigenvalue weighted by molar-refractivity contribution is 6.62. The molecule has 1 aromatic carbocycles. The molecule has 7 nitrogen and oxygen atoms in total. The van der Waals surface area contributed by atoms with Gasteiger partial charge < -0.3 is 10.3 Å². The number of terminal acetylenes is 1. The Kier molecular flexibility index (Phi) is 7.08. The molecule has 0 unspecified atom stereocenters. The second kappa shape index (κ2) is 9.03. The average Bonchev–Trinajstić information content (AvgIpc) is 2.59. The van der Waals surface area contributed by atoms with E-state index in [1.54, 1.807) is 24.3 Å². The largest absolute Gasteiger partial charge is 0.463 e. The number of benzene rings is 1. The van der Waals surface area contributed by atoms with Gasteiger partial charge in [-0.2, -0.15) is 4.79 Å². The van der Waals surface area contributed by atoms with Crippen molar-refractivity contribution in [2.24, 2.45) is 0 Å². The summed E-state index contributed by atoms with van der Waals surface area (Å²) in [5, 5.41) is 0. The third-order valence-corrected chi connectivity index (χ3v) is 3.23. The van der Waals surface area contributed by atoms with E-state index in [9.17, 15) is 14.4 Å². The Balaban J connectivity index is 2.77. The molecular formula is C17H17N3O4. The van der Waals surface area contributed by atoms with Crippen molar-refractivity contribution in [1.82, 2.24) is 4.90 Å². The molecule has 0 saturated heterocycles. The molecule has 2 amide bonds. The van der Waals surface area contributed by atoms with Crippen LogP contribution in [0.3, 0.4) is 0 Å². The summed E-state index contributed by atoms with van der Waals surface area (Å²) in [6.07, 6.45) is 5.73. The number of esters is 1. The van der Waals surface area contributed by atoms with Gasteiger partial charge in [0.1, 0.15) is 0 Å². The zero-order valence-electron chi connectivity index (χ0n) is 13.5. The topological polar surface area (TPSA) is 100 Å². The van der Waals surface area contributed by atoms with Crippen LogP contribution in [0.1, 0.15) is 24.5 Å². The highest BCUT2D eigenvalue weighted by Gasteiger charge is 2.36. The van der Waals surface area contributed by atoms with Crippen LogP contribution in [0.4, 0.5) is 0 Å². The average molecular weight is 327 g/mol. The highest BCUT2D eigenvalue weighted by Crippen LogP contribution is 2.10. The number of ether oxygens (including phenoxy) is 1. The zero-order valence-corrected chi connectivity index (χ0v) is 13.5. The summed E-state index contributed by atoms with van der Waals surface area (Å²) in [4.78, 5) is 39.0. The molecule has 24 heavy (non-hydrogen) atoms. The van der Waals surface area contributed by atoms with Gasteiger partial charge in [-0.05, 0) is 25.0 Å². The lowest BCUT2D eigenvalue weighted by atomic mass is 10.0. The number of carbonyl (C=O) groups is 3. The lowest BCUT2D eigenvalue weighted by Crippen LogP contribution is -2.42. The quantitative estimate of drug-likeness (QED) is 0.193. The van der Waals surface area contributed by atoms with Crippen molar-refractivity contribution in [2.75, 3.05) is 13.7 Å². The lowest BCUT2D eigenvalue weighted by molar-refractivity contribution is -0.146. The van der Waals surface area contributed by atoms with Crippen LogP contribution in [0.5, 0.6) is 0 Å². The standard InChI is InChI=1S/C17H17N3O4/c1-4-12-8-6-7-9-13(12)10-11-14(21)20(3)16(22)15(19-18)17(23)24-5-2/h1,6-9H,5,10-11H2,2-3H3. The van der Waals surface area contributed by atoms with Gasteiger partial charge >= 0.3 is 17.6 Å². The monoisotopic (exact) mass is 327 g/mol. The second-order valence-corrected chi connectivity index (χ2v) is 4.73. The summed E-state index contributed by atoms with van der Waals surface area (Å²) >= 11 is 0. The number of amides is 2. The molecular weight excluding hydrogens is 310 g/mol. The molecule has 0 aliphatic rings. The first kappa shape index (κ1) is 18.8. The summed E-state index contributed by atoms with van der Waals surface area (Å²) in [7, 11) is 1.20. The van der Waals surface area contributed by atoms with Crippen molar-refractivity contribution in [1.29, 1.82) is 0 Å². The van der Waals surface area contributed by atoms with Crippen molar-refractivity contribution in [3.63, 3.8) is 0 Å². The van der Waals surface area contributed by atoms with Gasteiger partial charge in [0.2, 0.25) is 5.91 Å². The van der Waals surface area contributed by atoms with Crippen LogP contribution in [0.25, 0.3) is 5.53 Å². The SMILES string of the molecule is C#Cc1ccccc1CCC(=O)N(C)C(=O)C(=[N+]=[N-])C(=O)OCC. The molecule has 7 heteroatoms. The minimum Gasteiger partial charge on any atom is -0.457 e. The number of carbonyl (C=O) groups excluding carboxylic acids is 3. The van der Waals surface area contributed by atoms with Crippen LogP contribution < -0.4 is 0 Å². The number of hydrogen-bond donors (Lipinski definition) is 0. The fourth-order valence-electron chi connectivity index (χ4n) is 1.93. The molecule has 124 valence electrons. The van der Waals surface area contributed by atoms with Crippen LogP contribution in [0, 0.1) is 12.3 Å². The molecule has 0 aromatic heterocycles. The third kappa shape index (κ3) is 4.63. The molecule has 0 fully saturated rings. The molecule has 1 aromatic rings. The van der Waals surface area contributed by atoms with Crippen LogP contribution in [0.15, 0.2) is 24.3 Å². The number of aryl methyl sites for hydroxylation is 1. The fraction of sp³-hybridized carbons (Fsp3) is 0.294. The second-order valence-electron chi connectivity index (χ2n) is 4.73. The van der Waals surface area contributed by atoms with E-state index >= 15 is 0 Å². The minimum atomic E-state index is -1.10. The van der Waals surface area contributed by atoms with E-state index in [2.05, 4.69) is 15.4 Å². The fourth-order valence-corrected chi connectivity index (χ4v) is 1.93. The van der Waals surface area contributed by atoms with Gasteiger partial charge in [-0.1, -0.05) is 24.1 Å². The summed E-state index contributed by atoms with van der Waals surface area (Å²) in [5.41, 5.74) is 9.43. The van der Waals surface area contributed by atoms with Gasteiger partial charge in [-0.25, -0.2) is 4.79 Å². The maximum Gasteiger partial charge on any atom is 0.463 e. The molecule has 0 N–H and O–H groups in total. The first-order valence-corrected chi connectivity index (χ1v) is 7.20. The Morgan fingerprint density at radius 3 is 2.58 bits per heavy atom. The smallest absolute Gasteiger partial charge is 0.457 e. The third-order valence-electron chi connectivity index (χ3n) is 3.23. The van der Waals surface area contributed by atoms with Gasteiger partial charge in [-0.3, -0.25) is 14.5 Å². The van der Waals surface area contributed by atoms with Gasteiger partial charge in [0, 0.05) is 19.0 Å². The van der Waals surface area contributed by atoms with E-state index in [0.29, 0.717) is 16.9 Å². The molecule has 0 aliphatic heterocycles. The van der Waals surface area contributed by atoms with Crippen LogP contribution in [-0.2, 0) is 25.5 Å². The molecule has 0 spiro atoms. The molecule has 0 radical (unpaired) electrons. The van der Waals surface area contributed by atoms with Crippen molar-refractivity contribution in [2.45, 2.75) is 19.8 Å². The molecule has 0 aliphatic carbocycles. The molecule has 0 heterocycles. The zero-order chi connectivity index (χ0) is 18.1. The Bertz CT molecular complexity index is 742. The van der Waals surface area contributed by atoms with Crippen LogP contribution >= 0.6 is 0 Å². The lowest BCUT2D eigenvalue weighted by Gasteiger charge is -2.13. The normalized spacial score (nSPS) is 9.38. The number of rotatable bonds is 6. The summed E-state index contributed by atoms with van der Waals surface area (Å²) in [6.45, 7) is 1.54. The maximum absolute atomic E-state index is 12.1. The minimum absolute atomic E-state index is 0.00245. The van der Waals surface area contributed by atoms with Crippen molar-refractivity contribution in [3.05, 3.63) is 40.9 Å². The van der Waals surface area contributed by atoms with Crippen LogP contribution in [0.2, 0.25) is 0 Å². The summed E-state index contributed by atoms with van der Waals surface area (Å²) in [6, 6.07) is 7.14. The van der Waals surface area contributed by atoms with Gasteiger partial charge in [0.15, 0.2) is 0 Å². The molecule has 0 atom stereocenters. The molecule has 1 rings (SSSR count). The van der Waals surface area contributed by atoms with Crippen LogP contribution in [-0.4, -0.2) is 46.8 Å². The van der Waals surface area contributed by atoms with Gasteiger partial charge in [0.25, 0.3) is 0 Å². The molecule has 0 bridgehead atoms. The van der Waals surface area contributed by atoms with E-state index in [1.807, 2.05) is 0 Å². The van der Waals surface area contributed by atoms with Crippen molar-refractivity contribution in [3.8, 4) is 12.3 Å². The van der Waals surface area contributed by atoms with Gasteiger partial charge in [-0.15, -0.1) is 6.42 Å². The Hall–Kier alpha value is -3.23. The van der Waals surface area contributed by atoms with E-state index in [4.69, 9.17) is 12.0 Å². The Morgan fingerprint density at radius 1 is 1.33 bits per heavy atom. The maximum atomic E-state index is 12.1. The number of hydrogen-bond acceptors (Lipinski definition) is 4. The van der Waals surface area contributed by atoms with E-state index < -0.39 is 23.5 Å². The van der Waals surface area contributed by atoms with Crippen molar-refractivity contribution >= 4 is 23.5 Å². The highest BCUT2D eigenvalue weighted by atomic mass is 16.5. The van der Waals surface area contributed by atoms with Gasteiger partial charge in [0.05, 0.1) is 6.61 Å². The number of imide groups is 1. The number of nitrogens with zero attached hydrogens (tertiary/aromatic N) is 3. The van der Waals surface area contributed by atoms with Crippen molar-refractivity contribution < 1.29 is 23.9 Å². The Morgan fingerprint density at radius 2 is 2.00 bits per heavy atom. The summed E-state index contributed by atoms with van der Waals surface area (Å²) < 4.78 is 4.59. The Labute approximate surface area is 139 Å². The van der Waals surface area contributed by atoms with E-state index in [-0.39, 0.29) is 13.0 Å². The van der Waals surface area contributed by atoms with E-state index in [1.165, 1.54) is 14.0 Å². The summed E-state index contributed by atoms with van der Waals surface area (Å²) in [5.74, 6) is -0.153. The first-order valence-electron chi connectivity index (χ1n) is 7.20. The predicted octanol–water partition coefficient (Wildman–Crippen LogP) is 0.819. The molecule has 0 saturated carbocycles. The first-order chi connectivity index (χ1) is 11.5. The predicted molar refractivity (Wildman–Crippen MR) is 85.7 cm³/mol. The van der Waals surface area contributed by atoms with E-state index in [0.717, 1.165) is 5.56 Å².